The van der Waals surface area contributed by atoms with Gasteiger partial charge in [0.25, 0.3) is 0 Å². The van der Waals surface area contributed by atoms with Crippen LogP contribution in [0.15, 0.2) is 24.3 Å². The molecule has 0 saturated carbocycles. The third kappa shape index (κ3) is 1.52. The Labute approximate surface area is 123 Å². The van der Waals surface area contributed by atoms with Crippen molar-refractivity contribution in [1.82, 2.24) is 4.57 Å². The zero-order valence-electron chi connectivity index (χ0n) is 11.4. The molecule has 2 N–H and O–H groups in total. The number of aromatic nitrogens is 1. The van der Waals surface area contributed by atoms with Gasteiger partial charge < -0.3 is 10.2 Å². The van der Waals surface area contributed by atoms with E-state index >= 15 is 0 Å². The van der Waals surface area contributed by atoms with Crippen molar-refractivity contribution in [3.8, 4) is 17.4 Å². The lowest BCUT2D eigenvalue weighted by molar-refractivity contribution is 0.390. The van der Waals surface area contributed by atoms with Crippen molar-refractivity contribution in [2.75, 3.05) is 0 Å². The minimum atomic E-state index is -1.64. The fraction of sp³-hybridized carbons (Fsp3) is 0.250. The zero-order chi connectivity index (χ0) is 15.6. The van der Waals surface area contributed by atoms with Gasteiger partial charge in [-0.3, -0.25) is 0 Å². The molecule has 0 fully saturated rings. The summed E-state index contributed by atoms with van der Waals surface area (Å²) in [7, 11) is 0. The van der Waals surface area contributed by atoms with E-state index in [1.54, 1.807) is 0 Å². The second-order valence-corrected chi connectivity index (χ2v) is 5.68. The monoisotopic (exact) mass is 307 g/mol. The topological polar surface area (TPSA) is 45.4 Å². The van der Waals surface area contributed by atoms with E-state index in [1.807, 2.05) is 12.2 Å². The molecule has 114 valence electrons. The maximum Gasteiger partial charge on any atom is 0.202 e. The molecule has 0 saturated heterocycles. The molecule has 1 aromatic heterocycles. The van der Waals surface area contributed by atoms with Crippen LogP contribution in [0.5, 0.6) is 11.8 Å². The van der Waals surface area contributed by atoms with Gasteiger partial charge in [-0.2, -0.15) is 0 Å². The van der Waals surface area contributed by atoms with Crippen LogP contribution in [0.1, 0.15) is 35.8 Å². The number of nitrogens with zero attached hydrogens (tertiary/aromatic N) is 1. The van der Waals surface area contributed by atoms with Gasteiger partial charge in [-0.15, -0.1) is 0 Å². The largest absolute Gasteiger partial charge is 0.494 e. The Kier molecular flexibility index (Phi) is 2.61. The molecular weight excluding hydrogens is 295 g/mol. The number of hydrogen-bond donors (Lipinski definition) is 2. The number of aromatic hydroxyl groups is 2. The molecule has 1 aromatic carbocycles. The highest BCUT2D eigenvalue weighted by Crippen LogP contribution is 2.54. The second kappa shape index (κ2) is 4.32. The molecule has 0 radical (unpaired) electrons. The third-order valence-corrected chi connectivity index (χ3v) is 4.56. The molecule has 3 aliphatic rings. The van der Waals surface area contributed by atoms with Crippen molar-refractivity contribution >= 4 is 0 Å². The fourth-order valence-electron chi connectivity index (χ4n) is 3.53. The van der Waals surface area contributed by atoms with E-state index < -0.39 is 23.1 Å². The first kappa shape index (κ1) is 13.3. The number of fused-ring (bicyclic) bond motifs is 1. The van der Waals surface area contributed by atoms with Gasteiger partial charge in [-0.1, -0.05) is 12.2 Å². The van der Waals surface area contributed by atoms with Crippen LogP contribution in [0.25, 0.3) is 5.69 Å². The average Bonchev–Trinajstić information content (AvgIpc) is 2.81. The molecule has 6 heteroatoms. The summed E-state index contributed by atoms with van der Waals surface area (Å²) in [6, 6.07) is 1.76. The van der Waals surface area contributed by atoms with Crippen LogP contribution in [-0.2, 0) is 0 Å². The molecule has 22 heavy (non-hydrogen) atoms. The second-order valence-electron chi connectivity index (χ2n) is 5.68. The van der Waals surface area contributed by atoms with Gasteiger partial charge in [0.1, 0.15) is 0 Å². The molecule has 2 atom stereocenters. The summed E-state index contributed by atoms with van der Waals surface area (Å²) in [5.41, 5.74) is 0.670. The highest BCUT2D eigenvalue weighted by atomic mass is 19.2. The molecule has 2 bridgehead atoms. The number of benzene rings is 1. The molecule has 0 amide bonds. The first-order valence-corrected chi connectivity index (χ1v) is 6.99. The van der Waals surface area contributed by atoms with Crippen LogP contribution in [0.2, 0.25) is 0 Å². The predicted octanol–water partition coefficient (Wildman–Crippen LogP) is 3.84. The van der Waals surface area contributed by atoms with Crippen LogP contribution < -0.4 is 0 Å². The molecular formula is C16H12F3NO2. The van der Waals surface area contributed by atoms with Crippen LogP contribution in [0, 0.1) is 17.5 Å². The van der Waals surface area contributed by atoms with Crippen LogP contribution in [0.3, 0.4) is 0 Å². The summed E-state index contributed by atoms with van der Waals surface area (Å²) in [5.74, 6) is -5.16. The molecule has 5 rings (SSSR count). The van der Waals surface area contributed by atoms with Crippen LogP contribution in [0.4, 0.5) is 13.2 Å². The lowest BCUT2D eigenvalue weighted by Crippen LogP contribution is -2.15. The SMILES string of the molecule is Oc1c2c(c(O)n1-c1ccc(F)c(F)c1F)[C@H]1C=C[C@@H]2CC1. The highest BCUT2D eigenvalue weighted by molar-refractivity contribution is 5.60. The van der Waals surface area contributed by atoms with E-state index in [1.165, 1.54) is 0 Å². The normalized spacial score (nSPS) is 22.1. The van der Waals surface area contributed by atoms with Gasteiger partial charge in [-0.25, -0.2) is 17.7 Å². The number of halogens is 3. The maximum atomic E-state index is 14.0. The van der Waals surface area contributed by atoms with Crippen molar-refractivity contribution in [3.63, 3.8) is 0 Å². The van der Waals surface area contributed by atoms with E-state index in [0.717, 1.165) is 29.5 Å². The first-order chi connectivity index (χ1) is 10.5. The Bertz CT molecular complexity index is 788. The summed E-state index contributed by atoms with van der Waals surface area (Å²) in [4.78, 5) is 0. The minimum absolute atomic E-state index is 0.0551. The predicted molar refractivity (Wildman–Crippen MR) is 72.8 cm³/mol. The van der Waals surface area contributed by atoms with Gasteiger partial charge in [0.05, 0.1) is 5.69 Å². The van der Waals surface area contributed by atoms with Gasteiger partial charge in [-0.05, 0) is 25.0 Å². The lowest BCUT2D eigenvalue weighted by Gasteiger charge is -2.30. The molecule has 0 aliphatic heterocycles. The lowest BCUT2D eigenvalue weighted by atomic mass is 9.73. The third-order valence-electron chi connectivity index (χ3n) is 4.56. The van der Waals surface area contributed by atoms with E-state index in [2.05, 4.69) is 0 Å². The number of allylic oxidation sites excluding steroid dienone is 2. The number of rotatable bonds is 1. The summed E-state index contributed by atoms with van der Waals surface area (Å²) in [5, 5.41) is 20.8. The van der Waals surface area contributed by atoms with Crippen LogP contribution in [-0.4, -0.2) is 14.8 Å². The molecule has 3 nitrogen and oxygen atoms in total. The van der Waals surface area contributed by atoms with Gasteiger partial charge in [0.2, 0.25) is 11.8 Å². The quantitative estimate of drug-likeness (QED) is 0.621. The zero-order valence-corrected chi connectivity index (χ0v) is 11.4. The van der Waals surface area contributed by atoms with Crippen molar-refractivity contribution in [2.24, 2.45) is 0 Å². The van der Waals surface area contributed by atoms with Gasteiger partial charge >= 0.3 is 0 Å². The highest BCUT2D eigenvalue weighted by Gasteiger charge is 2.38. The summed E-state index contributed by atoms with van der Waals surface area (Å²) < 4.78 is 41.4. The van der Waals surface area contributed by atoms with E-state index in [4.69, 9.17) is 0 Å². The number of hydrogen-bond acceptors (Lipinski definition) is 2. The Balaban J connectivity index is 2.00. The standard InChI is InChI=1S/C16H12F3NO2/c17-9-5-6-10(14(19)13(9)18)20-15(21)11-7-1-2-8(4-3-7)12(11)16(20)22/h1-2,5-8,21-22H,3-4H2/t7-,8+. The Morgan fingerprint density at radius 2 is 1.41 bits per heavy atom. The average molecular weight is 307 g/mol. The van der Waals surface area contributed by atoms with Crippen molar-refractivity contribution < 1.29 is 23.4 Å². The van der Waals surface area contributed by atoms with Gasteiger partial charge in [0.15, 0.2) is 17.5 Å². The smallest absolute Gasteiger partial charge is 0.202 e. The summed E-state index contributed by atoms with van der Waals surface area (Å²) in [6.45, 7) is 0. The molecule has 1 heterocycles. The molecule has 3 aliphatic carbocycles. The Morgan fingerprint density at radius 1 is 0.864 bits per heavy atom. The van der Waals surface area contributed by atoms with Crippen molar-refractivity contribution in [1.29, 1.82) is 0 Å². The first-order valence-electron chi connectivity index (χ1n) is 6.99. The van der Waals surface area contributed by atoms with E-state index in [9.17, 15) is 23.4 Å². The minimum Gasteiger partial charge on any atom is -0.494 e. The Hall–Kier alpha value is -2.37. The Morgan fingerprint density at radius 3 is 1.91 bits per heavy atom. The van der Waals surface area contributed by atoms with Crippen LogP contribution >= 0.6 is 0 Å². The summed E-state index contributed by atoms with van der Waals surface area (Å²) in [6.07, 6.45) is 5.54. The maximum absolute atomic E-state index is 14.0. The van der Waals surface area contributed by atoms with Crippen molar-refractivity contribution in [2.45, 2.75) is 24.7 Å². The fourth-order valence-corrected chi connectivity index (χ4v) is 3.53. The molecule has 0 spiro atoms. The van der Waals surface area contributed by atoms with E-state index in [-0.39, 0.29) is 23.6 Å². The molecule has 2 aromatic rings. The van der Waals surface area contributed by atoms with E-state index in [0.29, 0.717) is 11.1 Å². The summed E-state index contributed by atoms with van der Waals surface area (Å²) >= 11 is 0. The van der Waals surface area contributed by atoms with Gasteiger partial charge in [0, 0.05) is 23.0 Å². The van der Waals surface area contributed by atoms with Crippen molar-refractivity contribution in [3.05, 3.63) is 52.9 Å². The molecule has 0 unspecified atom stereocenters.